The summed E-state index contributed by atoms with van der Waals surface area (Å²) in [5.74, 6) is 0. The average molecular weight is 295 g/mol. The molecule has 0 spiro atoms. The van der Waals surface area contributed by atoms with Gasteiger partial charge in [0.1, 0.15) is 0 Å². The molecule has 1 saturated heterocycles. The number of benzene rings is 1. The minimum Gasteiger partial charge on any atom is -0.314 e. The maximum Gasteiger partial charge on any atom is 0.0406 e. The van der Waals surface area contributed by atoms with Crippen molar-refractivity contribution in [2.45, 2.75) is 64.1 Å². The van der Waals surface area contributed by atoms with E-state index < -0.39 is 0 Å². The predicted octanol–water partition coefficient (Wildman–Crippen LogP) is 4.30. The summed E-state index contributed by atoms with van der Waals surface area (Å²) in [4.78, 5) is 0. The molecule has 0 saturated carbocycles. The summed E-state index contributed by atoms with van der Waals surface area (Å²) in [7, 11) is 0. The Morgan fingerprint density at radius 2 is 1.95 bits per heavy atom. The van der Waals surface area contributed by atoms with Crippen LogP contribution in [0.4, 0.5) is 0 Å². The van der Waals surface area contributed by atoms with Crippen molar-refractivity contribution < 1.29 is 0 Å². The second-order valence-electron chi connectivity index (χ2n) is 6.08. The molecule has 0 amide bonds. The largest absolute Gasteiger partial charge is 0.314 e. The number of hydrogen-bond donors (Lipinski definition) is 2. The van der Waals surface area contributed by atoms with Gasteiger partial charge in [-0.1, -0.05) is 36.6 Å². The van der Waals surface area contributed by atoms with E-state index in [4.69, 9.17) is 11.6 Å². The third kappa shape index (κ3) is 5.08. The summed E-state index contributed by atoms with van der Waals surface area (Å²) in [5, 5.41) is 8.18. The average Bonchev–Trinajstić information content (AvgIpc) is 2.68. The highest BCUT2D eigenvalue weighted by Gasteiger charge is 2.16. The van der Waals surface area contributed by atoms with Gasteiger partial charge in [-0.2, -0.15) is 0 Å². The van der Waals surface area contributed by atoms with Crippen molar-refractivity contribution in [3.8, 4) is 0 Å². The van der Waals surface area contributed by atoms with Crippen LogP contribution in [0.5, 0.6) is 0 Å². The monoisotopic (exact) mass is 294 g/mol. The van der Waals surface area contributed by atoms with E-state index in [1.165, 1.54) is 44.2 Å². The van der Waals surface area contributed by atoms with E-state index in [1.54, 1.807) is 0 Å². The maximum atomic E-state index is 5.94. The summed E-state index contributed by atoms with van der Waals surface area (Å²) in [6, 6.07) is 9.72. The highest BCUT2D eigenvalue weighted by atomic mass is 35.5. The standard InChI is InChI=1S/C17H27ClN2/c1-13(12-17-6-4-3-5-11-19-17)20-14(2)15-7-9-16(18)10-8-15/h7-10,13-14,17,19-20H,3-6,11-12H2,1-2H3/t13?,14-,17?/m0/s1. The van der Waals surface area contributed by atoms with Gasteiger partial charge in [0.2, 0.25) is 0 Å². The minimum atomic E-state index is 0.369. The molecule has 20 heavy (non-hydrogen) atoms. The summed E-state index contributed by atoms with van der Waals surface area (Å²) >= 11 is 5.94. The lowest BCUT2D eigenvalue weighted by Crippen LogP contribution is -2.37. The summed E-state index contributed by atoms with van der Waals surface area (Å²) in [6.07, 6.45) is 6.61. The summed E-state index contributed by atoms with van der Waals surface area (Å²) < 4.78 is 0. The van der Waals surface area contributed by atoms with Crippen molar-refractivity contribution in [2.75, 3.05) is 6.54 Å². The first-order valence-electron chi connectivity index (χ1n) is 7.90. The van der Waals surface area contributed by atoms with E-state index in [0.717, 1.165) is 5.02 Å². The third-order valence-electron chi connectivity index (χ3n) is 4.20. The normalized spacial score (nSPS) is 23.1. The minimum absolute atomic E-state index is 0.369. The van der Waals surface area contributed by atoms with Gasteiger partial charge in [0.25, 0.3) is 0 Å². The molecule has 1 fully saturated rings. The van der Waals surface area contributed by atoms with Crippen molar-refractivity contribution in [3.05, 3.63) is 34.9 Å². The van der Waals surface area contributed by atoms with Gasteiger partial charge in [0, 0.05) is 23.1 Å². The van der Waals surface area contributed by atoms with Crippen LogP contribution in [0.2, 0.25) is 5.02 Å². The van der Waals surface area contributed by atoms with Gasteiger partial charge in [0.05, 0.1) is 0 Å². The Morgan fingerprint density at radius 3 is 2.70 bits per heavy atom. The van der Waals surface area contributed by atoms with E-state index in [1.807, 2.05) is 12.1 Å². The molecule has 2 unspecified atom stereocenters. The Morgan fingerprint density at radius 1 is 1.20 bits per heavy atom. The van der Waals surface area contributed by atoms with Gasteiger partial charge in [-0.15, -0.1) is 0 Å². The Kier molecular flexibility index (Phi) is 6.34. The first-order chi connectivity index (χ1) is 9.65. The Bertz CT molecular complexity index is 382. The molecule has 0 radical (unpaired) electrons. The SMILES string of the molecule is CC(CC1CCCCCN1)N[C@@H](C)c1ccc(Cl)cc1. The topological polar surface area (TPSA) is 24.1 Å². The first-order valence-corrected chi connectivity index (χ1v) is 8.28. The van der Waals surface area contributed by atoms with Gasteiger partial charge in [-0.25, -0.2) is 0 Å². The molecule has 1 aliphatic rings. The molecule has 112 valence electrons. The first kappa shape index (κ1) is 15.8. The van der Waals surface area contributed by atoms with E-state index in [0.29, 0.717) is 18.1 Å². The van der Waals surface area contributed by atoms with Crippen LogP contribution in [0, 0.1) is 0 Å². The summed E-state index contributed by atoms with van der Waals surface area (Å²) in [5.41, 5.74) is 1.30. The van der Waals surface area contributed by atoms with E-state index in [2.05, 4.69) is 36.6 Å². The van der Waals surface area contributed by atoms with Crippen LogP contribution >= 0.6 is 11.6 Å². The fraction of sp³-hybridized carbons (Fsp3) is 0.647. The molecule has 0 aliphatic carbocycles. The molecule has 1 heterocycles. The zero-order valence-corrected chi connectivity index (χ0v) is 13.4. The lowest BCUT2D eigenvalue weighted by molar-refractivity contribution is 0.380. The van der Waals surface area contributed by atoms with Crippen molar-refractivity contribution >= 4 is 11.6 Å². The maximum absolute atomic E-state index is 5.94. The van der Waals surface area contributed by atoms with E-state index in [-0.39, 0.29) is 0 Å². The molecule has 2 nitrogen and oxygen atoms in total. The van der Waals surface area contributed by atoms with Crippen LogP contribution < -0.4 is 10.6 Å². The van der Waals surface area contributed by atoms with Crippen LogP contribution in [0.3, 0.4) is 0 Å². The number of rotatable bonds is 5. The van der Waals surface area contributed by atoms with Crippen LogP contribution in [0.15, 0.2) is 24.3 Å². The molecule has 3 heteroatoms. The van der Waals surface area contributed by atoms with Crippen molar-refractivity contribution in [2.24, 2.45) is 0 Å². The zero-order chi connectivity index (χ0) is 14.4. The van der Waals surface area contributed by atoms with Crippen molar-refractivity contribution in [1.29, 1.82) is 0 Å². The molecular formula is C17H27ClN2. The van der Waals surface area contributed by atoms with Crippen LogP contribution in [0.1, 0.15) is 57.6 Å². The highest BCUT2D eigenvalue weighted by Crippen LogP contribution is 2.18. The van der Waals surface area contributed by atoms with Gasteiger partial charge < -0.3 is 10.6 Å². The lowest BCUT2D eigenvalue weighted by atomic mass is 10.0. The molecular weight excluding hydrogens is 268 g/mol. The van der Waals surface area contributed by atoms with Crippen molar-refractivity contribution in [3.63, 3.8) is 0 Å². The lowest BCUT2D eigenvalue weighted by Gasteiger charge is -2.25. The molecule has 0 aromatic heterocycles. The predicted molar refractivity (Wildman–Crippen MR) is 87.3 cm³/mol. The van der Waals surface area contributed by atoms with Gasteiger partial charge in [-0.05, 0) is 57.4 Å². The quantitative estimate of drug-likeness (QED) is 0.846. The molecule has 2 N–H and O–H groups in total. The second-order valence-corrected chi connectivity index (χ2v) is 6.51. The highest BCUT2D eigenvalue weighted by molar-refractivity contribution is 6.30. The Labute approximate surface area is 128 Å². The molecule has 1 aliphatic heterocycles. The Balaban J connectivity index is 1.80. The summed E-state index contributed by atoms with van der Waals surface area (Å²) in [6.45, 7) is 5.70. The number of halogens is 1. The molecule has 2 rings (SSSR count). The molecule has 1 aromatic carbocycles. The van der Waals surface area contributed by atoms with Crippen LogP contribution in [-0.4, -0.2) is 18.6 Å². The molecule has 0 bridgehead atoms. The number of nitrogens with one attached hydrogen (secondary N) is 2. The third-order valence-corrected chi connectivity index (χ3v) is 4.46. The van der Waals surface area contributed by atoms with Gasteiger partial charge in [-0.3, -0.25) is 0 Å². The fourth-order valence-corrected chi connectivity index (χ4v) is 3.20. The van der Waals surface area contributed by atoms with Crippen LogP contribution in [-0.2, 0) is 0 Å². The second kappa shape index (κ2) is 8.02. The van der Waals surface area contributed by atoms with Crippen molar-refractivity contribution in [1.82, 2.24) is 10.6 Å². The zero-order valence-electron chi connectivity index (χ0n) is 12.7. The molecule has 3 atom stereocenters. The van der Waals surface area contributed by atoms with E-state index >= 15 is 0 Å². The molecule has 1 aromatic rings. The smallest absolute Gasteiger partial charge is 0.0406 e. The van der Waals surface area contributed by atoms with Gasteiger partial charge in [0.15, 0.2) is 0 Å². The van der Waals surface area contributed by atoms with E-state index in [9.17, 15) is 0 Å². The van der Waals surface area contributed by atoms with Crippen LogP contribution in [0.25, 0.3) is 0 Å². The Hall–Kier alpha value is -0.570. The number of hydrogen-bond acceptors (Lipinski definition) is 2. The fourth-order valence-electron chi connectivity index (χ4n) is 3.07. The van der Waals surface area contributed by atoms with Gasteiger partial charge >= 0.3 is 0 Å².